The SMILES string of the molecule is Cn1cnnc1Cn1nnc(C(=O)O)c1C(F)F. The molecule has 96 valence electrons. The zero-order chi connectivity index (χ0) is 13.3. The monoisotopic (exact) mass is 258 g/mol. The van der Waals surface area contributed by atoms with Crippen molar-refractivity contribution in [3.8, 4) is 0 Å². The molecule has 0 saturated heterocycles. The van der Waals surface area contributed by atoms with Gasteiger partial charge in [-0.05, 0) is 0 Å². The second-order valence-corrected chi connectivity index (χ2v) is 3.44. The van der Waals surface area contributed by atoms with Gasteiger partial charge in [0.1, 0.15) is 18.6 Å². The molecule has 2 rings (SSSR count). The summed E-state index contributed by atoms with van der Waals surface area (Å²) in [6, 6.07) is 0. The van der Waals surface area contributed by atoms with Crippen LogP contribution in [-0.4, -0.2) is 40.8 Å². The Bertz CT molecular complexity index is 578. The van der Waals surface area contributed by atoms with E-state index in [2.05, 4.69) is 20.5 Å². The average Bonchev–Trinajstić information content (AvgIpc) is 2.86. The molecule has 0 saturated carbocycles. The van der Waals surface area contributed by atoms with Crippen molar-refractivity contribution in [2.75, 3.05) is 0 Å². The molecule has 2 aromatic heterocycles. The van der Waals surface area contributed by atoms with Gasteiger partial charge in [-0.2, -0.15) is 0 Å². The van der Waals surface area contributed by atoms with Crippen LogP contribution in [0.1, 0.15) is 28.4 Å². The molecule has 2 aromatic rings. The topological polar surface area (TPSA) is 98.7 Å². The summed E-state index contributed by atoms with van der Waals surface area (Å²) in [6.07, 6.45) is -1.59. The minimum atomic E-state index is -2.99. The molecule has 0 fully saturated rings. The molecule has 0 aliphatic carbocycles. The molecular weight excluding hydrogens is 250 g/mol. The van der Waals surface area contributed by atoms with Gasteiger partial charge in [0, 0.05) is 7.05 Å². The maximum atomic E-state index is 12.8. The van der Waals surface area contributed by atoms with Crippen LogP contribution in [0.25, 0.3) is 0 Å². The summed E-state index contributed by atoms with van der Waals surface area (Å²) < 4.78 is 27.9. The van der Waals surface area contributed by atoms with Gasteiger partial charge in [0.25, 0.3) is 6.43 Å². The average molecular weight is 258 g/mol. The molecule has 0 radical (unpaired) electrons. The first-order valence-corrected chi connectivity index (χ1v) is 4.78. The predicted molar refractivity (Wildman–Crippen MR) is 52.0 cm³/mol. The van der Waals surface area contributed by atoms with E-state index >= 15 is 0 Å². The standard InChI is InChI=1S/C8H8F2N6O2/c1-15-3-11-12-4(15)2-16-6(7(9)10)5(8(17)18)13-14-16/h3,7H,2H2,1H3,(H,17,18). The lowest BCUT2D eigenvalue weighted by Crippen LogP contribution is -2.12. The number of carboxylic acid groups (broad SMARTS) is 1. The zero-order valence-electron chi connectivity index (χ0n) is 9.16. The molecular formula is C8H8F2N6O2. The molecule has 1 N–H and O–H groups in total. The normalized spacial score (nSPS) is 11.1. The molecule has 0 aliphatic heterocycles. The molecule has 8 nitrogen and oxygen atoms in total. The van der Waals surface area contributed by atoms with Crippen molar-refractivity contribution >= 4 is 5.97 Å². The predicted octanol–water partition coefficient (Wildman–Crippen LogP) is 0.0907. The first-order chi connectivity index (χ1) is 8.50. The van der Waals surface area contributed by atoms with Gasteiger partial charge in [-0.1, -0.05) is 5.21 Å². The number of alkyl halides is 2. The van der Waals surface area contributed by atoms with Gasteiger partial charge >= 0.3 is 5.97 Å². The number of nitrogens with zero attached hydrogens (tertiary/aromatic N) is 6. The van der Waals surface area contributed by atoms with E-state index in [1.165, 1.54) is 10.9 Å². The zero-order valence-corrected chi connectivity index (χ0v) is 9.16. The van der Waals surface area contributed by atoms with E-state index in [1.54, 1.807) is 7.05 Å². The Kier molecular flexibility index (Phi) is 3.00. The molecule has 0 amide bonds. The van der Waals surface area contributed by atoms with Gasteiger partial charge in [0.05, 0.1) is 0 Å². The van der Waals surface area contributed by atoms with E-state index in [0.717, 1.165) is 4.68 Å². The van der Waals surface area contributed by atoms with E-state index in [4.69, 9.17) is 5.11 Å². The van der Waals surface area contributed by atoms with Crippen molar-refractivity contribution in [1.29, 1.82) is 0 Å². The minimum Gasteiger partial charge on any atom is -0.476 e. The second kappa shape index (κ2) is 4.47. The van der Waals surface area contributed by atoms with E-state index in [0.29, 0.717) is 5.82 Å². The van der Waals surface area contributed by atoms with Crippen LogP contribution >= 0.6 is 0 Å². The van der Waals surface area contributed by atoms with Crippen molar-refractivity contribution in [3.05, 3.63) is 23.5 Å². The number of hydrogen-bond acceptors (Lipinski definition) is 5. The summed E-state index contributed by atoms with van der Waals surface area (Å²) in [4.78, 5) is 10.7. The van der Waals surface area contributed by atoms with Crippen molar-refractivity contribution in [3.63, 3.8) is 0 Å². The van der Waals surface area contributed by atoms with Crippen LogP contribution in [0.3, 0.4) is 0 Å². The Hall–Kier alpha value is -2.39. The molecule has 0 unspecified atom stereocenters. The highest BCUT2D eigenvalue weighted by Gasteiger charge is 2.26. The largest absolute Gasteiger partial charge is 0.476 e. The fourth-order valence-electron chi connectivity index (χ4n) is 1.39. The lowest BCUT2D eigenvalue weighted by Gasteiger charge is -2.05. The van der Waals surface area contributed by atoms with Crippen molar-refractivity contribution < 1.29 is 18.7 Å². The Balaban J connectivity index is 2.40. The number of halogens is 2. The maximum Gasteiger partial charge on any atom is 0.358 e. The van der Waals surface area contributed by atoms with Crippen molar-refractivity contribution in [1.82, 2.24) is 29.8 Å². The Morgan fingerprint density at radius 2 is 2.22 bits per heavy atom. The summed E-state index contributed by atoms with van der Waals surface area (Å²) in [7, 11) is 1.63. The van der Waals surface area contributed by atoms with Gasteiger partial charge in [0.2, 0.25) is 0 Å². The van der Waals surface area contributed by atoms with Crippen LogP contribution < -0.4 is 0 Å². The number of aryl methyl sites for hydroxylation is 1. The number of carboxylic acids is 1. The summed E-state index contributed by atoms with van der Waals surface area (Å²) in [6.45, 7) is -0.129. The van der Waals surface area contributed by atoms with E-state index in [-0.39, 0.29) is 6.54 Å². The van der Waals surface area contributed by atoms with Crippen LogP contribution in [-0.2, 0) is 13.6 Å². The molecule has 0 atom stereocenters. The van der Waals surface area contributed by atoms with Gasteiger partial charge in [0.15, 0.2) is 11.5 Å². The third-order valence-corrected chi connectivity index (χ3v) is 2.28. The lowest BCUT2D eigenvalue weighted by molar-refractivity contribution is 0.0675. The third-order valence-electron chi connectivity index (χ3n) is 2.28. The smallest absolute Gasteiger partial charge is 0.358 e. The fourth-order valence-corrected chi connectivity index (χ4v) is 1.39. The number of rotatable bonds is 4. The fraction of sp³-hybridized carbons (Fsp3) is 0.375. The van der Waals surface area contributed by atoms with Gasteiger partial charge in [-0.3, -0.25) is 0 Å². The van der Waals surface area contributed by atoms with Crippen LogP contribution in [0.5, 0.6) is 0 Å². The van der Waals surface area contributed by atoms with E-state index in [1.807, 2.05) is 0 Å². The summed E-state index contributed by atoms with van der Waals surface area (Å²) in [5.41, 5.74) is -1.50. The maximum absolute atomic E-state index is 12.8. The Labute approximate surface area is 98.9 Å². The highest BCUT2D eigenvalue weighted by Crippen LogP contribution is 2.21. The minimum absolute atomic E-state index is 0.129. The van der Waals surface area contributed by atoms with E-state index in [9.17, 15) is 13.6 Å². The summed E-state index contributed by atoms with van der Waals surface area (Å²) in [5, 5.41) is 22.6. The molecule has 0 aromatic carbocycles. The Morgan fingerprint density at radius 1 is 1.50 bits per heavy atom. The Morgan fingerprint density at radius 3 is 2.72 bits per heavy atom. The number of carbonyl (C=O) groups is 1. The number of hydrogen-bond donors (Lipinski definition) is 1. The van der Waals surface area contributed by atoms with Crippen LogP contribution in [0.15, 0.2) is 6.33 Å². The first kappa shape index (κ1) is 12.1. The third kappa shape index (κ3) is 2.04. The molecule has 0 aliphatic rings. The molecule has 18 heavy (non-hydrogen) atoms. The lowest BCUT2D eigenvalue weighted by atomic mass is 10.3. The quantitative estimate of drug-likeness (QED) is 0.834. The molecule has 0 spiro atoms. The highest BCUT2D eigenvalue weighted by molar-refractivity contribution is 5.86. The van der Waals surface area contributed by atoms with Gasteiger partial charge in [-0.15, -0.1) is 15.3 Å². The van der Waals surface area contributed by atoms with E-state index < -0.39 is 23.8 Å². The molecule has 0 bridgehead atoms. The van der Waals surface area contributed by atoms with Crippen LogP contribution in [0.2, 0.25) is 0 Å². The second-order valence-electron chi connectivity index (χ2n) is 3.44. The van der Waals surface area contributed by atoms with Gasteiger partial charge in [-0.25, -0.2) is 18.3 Å². The van der Waals surface area contributed by atoms with Crippen molar-refractivity contribution in [2.24, 2.45) is 7.05 Å². The highest BCUT2D eigenvalue weighted by atomic mass is 19.3. The van der Waals surface area contributed by atoms with Crippen LogP contribution in [0.4, 0.5) is 8.78 Å². The number of aromatic carboxylic acids is 1. The number of aromatic nitrogens is 6. The van der Waals surface area contributed by atoms with Crippen molar-refractivity contribution in [2.45, 2.75) is 13.0 Å². The summed E-state index contributed by atoms with van der Waals surface area (Å²) >= 11 is 0. The van der Waals surface area contributed by atoms with Crippen LogP contribution in [0, 0.1) is 0 Å². The molecule has 10 heteroatoms. The first-order valence-electron chi connectivity index (χ1n) is 4.78. The van der Waals surface area contributed by atoms with Gasteiger partial charge < -0.3 is 9.67 Å². The molecule has 2 heterocycles. The summed E-state index contributed by atoms with van der Waals surface area (Å²) in [5.74, 6) is -1.19.